The second-order valence-electron chi connectivity index (χ2n) is 8.88. The van der Waals surface area contributed by atoms with E-state index in [0.717, 1.165) is 0 Å². The van der Waals surface area contributed by atoms with E-state index >= 15 is 0 Å². The highest BCUT2D eigenvalue weighted by Gasteiger charge is 2.45. The Morgan fingerprint density at radius 2 is 1.36 bits per heavy atom. The molecule has 0 saturated carbocycles. The van der Waals surface area contributed by atoms with Gasteiger partial charge in [0, 0.05) is 54.0 Å². The molecule has 6 nitrogen and oxygen atoms in total. The summed E-state index contributed by atoms with van der Waals surface area (Å²) in [6.07, 6.45) is 3.39. The van der Waals surface area contributed by atoms with Crippen LogP contribution in [0.3, 0.4) is 0 Å². The average molecular weight is 601 g/mol. The zero-order valence-corrected chi connectivity index (χ0v) is 21.4. The van der Waals surface area contributed by atoms with E-state index in [1.165, 1.54) is 0 Å². The van der Waals surface area contributed by atoms with Crippen molar-refractivity contribution >= 4 is 72.1 Å². The molecule has 1 unspecified atom stereocenters. The van der Waals surface area contributed by atoms with E-state index in [0.29, 0.717) is 65.0 Å². The molecule has 0 bridgehead atoms. The number of halogens is 2. The maximum atomic E-state index is 13.6. The number of fused-ring (bicyclic) bond motifs is 7. The van der Waals surface area contributed by atoms with Crippen LogP contribution < -0.4 is 10.3 Å². The number of allylic oxidation sites excluding steroid dienone is 2. The van der Waals surface area contributed by atoms with Crippen LogP contribution in [0.4, 0.5) is 11.4 Å². The molecule has 3 aromatic rings. The average Bonchev–Trinajstić information content (AvgIpc) is 2.89. The molecule has 1 atom stereocenters. The minimum Gasteiger partial charge on any atom is -0.364 e. The van der Waals surface area contributed by atoms with Gasteiger partial charge in [0.25, 0.3) is 0 Å². The summed E-state index contributed by atoms with van der Waals surface area (Å²) in [5, 5.41) is 3.35. The number of carbonyl (C=O) groups is 4. The number of nitrogens with one attached hydrogen (secondary N) is 2. The van der Waals surface area contributed by atoms with Crippen molar-refractivity contribution in [1.82, 2.24) is 0 Å². The fourth-order valence-corrected chi connectivity index (χ4v) is 6.22. The van der Waals surface area contributed by atoms with Crippen molar-refractivity contribution in [3.8, 4) is 0 Å². The highest BCUT2D eigenvalue weighted by atomic mass is 79.9. The predicted octanol–water partition coefficient (Wildman–Crippen LogP) is 3.88. The highest BCUT2D eigenvalue weighted by molar-refractivity contribution is 9.13. The van der Waals surface area contributed by atoms with Gasteiger partial charge in [-0.1, -0.05) is 24.3 Å². The summed E-state index contributed by atoms with van der Waals surface area (Å²) in [4.78, 5) is 56.9. The molecule has 172 valence electrons. The summed E-state index contributed by atoms with van der Waals surface area (Å²) in [6, 6.07) is 12.9. The molecule has 4 aliphatic rings. The molecule has 0 saturated heterocycles. The number of benzene rings is 3. The number of Topliss-reactive ketones (excluding diaryl/α,β-unsaturated/α-hetero) is 2. The monoisotopic (exact) mass is 599 g/mol. The Morgan fingerprint density at radius 1 is 0.694 bits per heavy atom. The molecule has 3 aromatic carbocycles. The van der Waals surface area contributed by atoms with Crippen LogP contribution in [-0.4, -0.2) is 34.9 Å². The fourth-order valence-electron chi connectivity index (χ4n) is 5.36. The minimum absolute atomic E-state index is 0.192. The SMILES string of the molecule is O=C1C2=C(C(=O)c3ccccc31)C1Nc3ccc4c(c3[NH+]=C1C=C2)C(=O)c1ccc(Br)c(Br)c1C4=O. The first kappa shape index (κ1) is 21.5. The standard InChI is InChI=1S/C28H12Br2N2O4/c29-16-8-5-13-19(22(16)30)27(35)15-7-10-18-24(21(15)28(13)36)32-17-9-6-14-20(23(17)31-18)26(34)12-4-2-1-3-11(12)25(14)33/h1-10,23,31H/p+1. The van der Waals surface area contributed by atoms with E-state index in [2.05, 4.69) is 42.2 Å². The van der Waals surface area contributed by atoms with Crippen LogP contribution >= 0.6 is 31.9 Å². The van der Waals surface area contributed by atoms with Crippen molar-refractivity contribution in [2.75, 3.05) is 5.32 Å². The van der Waals surface area contributed by atoms with Crippen LogP contribution in [0.15, 0.2) is 80.8 Å². The van der Waals surface area contributed by atoms with Crippen molar-refractivity contribution in [1.29, 1.82) is 0 Å². The lowest BCUT2D eigenvalue weighted by molar-refractivity contribution is -0.355. The Morgan fingerprint density at radius 3 is 2.14 bits per heavy atom. The van der Waals surface area contributed by atoms with Gasteiger partial charge in [-0.2, -0.15) is 0 Å². The number of anilines is 1. The molecule has 0 amide bonds. The minimum atomic E-state index is -0.591. The summed E-state index contributed by atoms with van der Waals surface area (Å²) in [5.74, 6) is -0.921. The number of rotatable bonds is 0. The van der Waals surface area contributed by atoms with Crippen molar-refractivity contribution in [3.05, 3.63) is 114 Å². The second-order valence-corrected chi connectivity index (χ2v) is 10.5. The van der Waals surface area contributed by atoms with Crippen LogP contribution in [0.2, 0.25) is 0 Å². The number of carbonyl (C=O) groups excluding carboxylic acids is 4. The van der Waals surface area contributed by atoms with Gasteiger partial charge >= 0.3 is 0 Å². The Bertz CT molecular complexity index is 1760. The molecule has 1 heterocycles. The van der Waals surface area contributed by atoms with Gasteiger partial charge in [-0.25, -0.2) is 4.99 Å². The van der Waals surface area contributed by atoms with Crippen molar-refractivity contribution in [2.45, 2.75) is 6.04 Å². The molecular formula is C28H13Br2N2O4+. The first-order valence-electron chi connectivity index (χ1n) is 11.1. The van der Waals surface area contributed by atoms with Gasteiger partial charge < -0.3 is 5.32 Å². The number of hydrogen-bond acceptors (Lipinski definition) is 5. The number of ketones is 4. The quantitative estimate of drug-likeness (QED) is 0.319. The van der Waals surface area contributed by atoms with Crippen LogP contribution in [0.25, 0.3) is 0 Å². The molecule has 0 spiro atoms. The first-order chi connectivity index (χ1) is 17.4. The topological polar surface area (TPSA) is 94.3 Å². The van der Waals surface area contributed by atoms with Gasteiger partial charge in [0.1, 0.15) is 17.3 Å². The molecule has 7 rings (SSSR count). The van der Waals surface area contributed by atoms with Gasteiger partial charge in [0.2, 0.25) is 17.2 Å². The van der Waals surface area contributed by atoms with Crippen LogP contribution in [0, 0.1) is 0 Å². The van der Waals surface area contributed by atoms with E-state index in [1.807, 2.05) is 0 Å². The van der Waals surface area contributed by atoms with Crippen molar-refractivity contribution in [2.24, 2.45) is 0 Å². The number of hydrogen-bond donors (Lipinski definition) is 2. The van der Waals surface area contributed by atoms with E-state index < -0.39 is 6.04 Å². The zero-order chi connectivity index (χ0) is 24.9. The second kappa shape index (κ2) is 7.38. The Kier molecular flexibility index (Phi) is 4.41. The Balaban J connectivity index is 1.38. The third kappa shape index (κ3) is 2.68. The van der Waals surface area contributed by atoms with E-state index in [-0.39, 0.29) is 28.7 Å². The van der Waals surface area contributed by atoms with Gasteiger partial charge in [-0.05, 0) is 62.2 Å². The van der Waals surface area contributed by atoms with Crippen molar-refractivity contribution in [3.63, 3.8) is 0 Å². The maximum absolute atomic E-state index is 13.6. The Hall–Kier alpha value is -3.75. The van der Waals surface area contributed by atoms with Crippen LogP contribution in [0.5, 0.6) is 0 Å². The lowest BCUT2D eigenvalue weighted by Crippen LogP contribution is -2.74. The lowest BCUT2D eigenvalue weighted by atomic mass is 9.76. The predicted molar refractivity (Wildman–Crippen MR) is 139 cm³/mol. The summed E-state index contributed by atoms with van der Waals surface area (Å²) in [6.45, 7) is 0. The largest absolute Gasteiger partial charge is 0.364 e. The Labute approximate surface area is 221 Å². The first-order valence-corrected chi connectivity index (χ1v) is 12.7. The zero-order valence-electron chi connectivity index (χ0n) is 18.2. The summed E-state index contributed by atoms with van der Waals surface area (Å²) in [5.41, 5.74) is 4.40. The van der Waals surface area contributed by atoms with Gasteiger partial charge in [0.15, 0.2) is 17.3 Å². The molecule has 0 radical (unpaired) electrons. The van der Waals surface area contributed by atoms with Gasteiger partial charge in [-0.3, -0.25) is 19.2 Å². The molecule has 0 aromatic heterocycles. The lowest BCUT2D eigenvalue weighted by Gasteiger charge is -2.30. The van der Waals surface area contributed by atoms with Crippen molar-refractivity contribution < 1.29 is 24.2 Å². The third-order valence-electron chi connectivity index (χ3n) is 7.04. The summed E-state index contributed by atoms with van der Waals surface area (Å²) < 4.78 is 1.23. The van der Waals surface area contributed by atoms with E-state index in [1.54, 1.807) is 60.7 Å². The third-order valence-corrected chi connectivity index (χ3v) is 9.05. The molecule has 36 heavy (non-hydrogen) atoms. The molecule has 2 N–H and O–H groups in total. The van der Waals surface area contributed by atoms with E-state index in [4.69, 9.17) is 0 Å². The highest BCUT2D eigenvalue weighted by Crippen LogP contribution is 2.41. The van der Waals surface area contributed by atoms with Crippen LogP contribution in [0.1, 0.15) is 52.6 Å². The molecule has 3 aliphatic carbocycles. The van der Waals surface area contributed by atoms with E-state index in [9.17, 15) is 19.2 Å². The van der Waals surface area contributed by atoms with Crippen LogP contribution in [-0.2, 0) is 0 Å². The summed E-state index contributed by atoms with van der Waals surface area (Å²) >= 11 is 6.84. The molecule has 8 heteroatoms. The maximum Gasteiger partial charge on any atom is 0.239 e. The smallest absolute Gasteiger partial charge is 0.239 e. The molecular weight excluding hydrogens is 588 g/mol. The molecule has 0 fully saturated rings. The fraction of sp³-hybridized carbons (Fsp3) is 0.0357. The summed E-state index contributed by atoms with van der Waals surface area (Å²) in [7, 11) is 0. The van der Waals surface area contributed by atoms with Gasteiger partial charge in [0.05, 0.1) is 0 Å². The van der Waals surface area contributed by atoms with Gasteiger partial charge in [-0.15, -0.1) is 0 Å². The normalized spacial score (nSPS) is 18.9. The molecule has 1 aliphatic heterocycles.